The van der Waals surface area contributed by atoms with Gasteiger partial charge in [0.2, 0.25) is 0 Å². The van der Waals surface area contributed by atoms with Crippen molar-refractivity contribution >= 4 is 44.4 Å². The molecule has 8 heteroatoms. The fraction of sp³-hybridized carbons (Fsp3) is 0.0588. The summed E-state index contributed by atoms with van der Waals surface area (Å²) in [6.07, 6.45) is 1.57. The third kappa shape index (κ3) is 4.25. The van der Waals surface area contributed by atoms with E-state index in [1.54, 1.807) is 48.0 Å². The molecule has 0 radical (unpaired) electrons. The van der Waals surface area contributed by atoms with E-state index in [1.165, 1.54) is 23.5 Å². The van der Waals surface area contributed by atoms with Crippen LogP contribution in [0, 0.1) is 0 Å². The molecule has 3 aromatic rings. The summed E-state index contributed by atoms with van der Waals surface area (Å²) in [5.41, 5.74) is 0.836. The molecule has 0 unspecified atom stereocenters. The fourth-order valence-electron chi connectivity index (χ4n) is 2.16. The van der Waals surface area contributed by atoms with Gasteiger partial charge in [-0.1, -0.05) is 23.7 Å². The molecule has 5 nitrogen and oxygen atoms in total. The summed E-state index contributed by atoms with van der Waals surface area (Å²) in [6, 6.07) is 12.7. The van der Waals surface area contributed by atoms with Gasteiger partial charge in [0.15, 0.2) is 9.84 Å². The zero-order chi connectivity index (χ0) is 17.9. The number of carbonyl (C=O) groups is 1. The number of hydrogen-bond donors (Lipinski definition) is 1. The maximum absolute atomic E-state index is 12.4. The first kappa shape index (κ1) is 17.6. The van der Waals surface area contributed by atoms with Crippen molar-refractivity contribution in [2.75, 3.05) is 5.32 Å². The van der Waals surface area contributed by atoms with Gasteiger partial charge >= 0.3 is 0 Å². The van der Waals surface area contributed by atoms with Gasteiger partial charge < -0.3 is 5.32 Å². The molecular formula is C17H13ClN2O3S2. The van der Waals surface area contributed by atoms with Crippen LogP contribution in [0.2, 0.25) is 5.02 Å². The van der Waals surface area contributed by atoms with E-state index >= 15 is 0 Å². The average Bonchev–Trinajstić information content (AvgIpc) is 3.08. The fourth-order valence-corrected chi connectivity index (χ4v) is 4.64. The maximum Gasteiger partial charge on any atom is 0.257 e. The number of nitrogens with zero attached hydrogens (tertiary/aromatic N) is 1. The second-order valence-corrected chi connectivity index (χ2v) is 8.52. The van der Waals surface area contributed by atoms with Crippen molar-refractivity contribution in [3.05, 3.63) is 75.7 Å². The van der Waals surface area contributed by atoms with Crippen molar-refractivity contribution in [2.24, 2.45) is 0 Å². The van der Waals surface area contributed by atoms with Crippen LogP contribution in [-0.4, -0.2) is 19.3 Å². The van der Waals surface area contributed by atoms with E-state index < -0.39 is 9.84 Å². The summed E-state index contributed by atoms with van der Waals surface area (Å²) in [6.45, 7) is 0. The SMILES string of the molecule is O=C(Nc1ccc(S(=O)(=O)Cc2nccs2)cc1)c1ccccc1Cl. The molecule has 0 bridgehead atoms. The summed E-state index contributed by atoms with van der Waals surface area (Å²) in [7, 11) is -3.47. The number of anilines is 1. The standard InChI is InChI=1S/C17H13ClN2O3S2/c18-15-4-2-1-3-14(15)17(21)20-12-5-7-13(8-6-12)25(22,23)11-16-19-9-10-24-16/h1-10H,11H2,(H,20,21). The molecule has 128 valence electrons. The first-order valence-electron chi connectivity index (χ1n) is 7.23. The van der Waals surface area contributed by atoms with Crippen LogP contribution in [0.5, 0.6) is 0 Å². The van der Waals surface area contributed by atoms with Gasteiger partial charge in [0.05, 0.1) is 15.5 Å². The van der Waals surface area contributed by atoms with Gasteiger partial charge in [-0.2, -0.15) is 0 Å². The Balaban J connectivity index is 1.74. The van der Waals surface area contributed by atoms with Crippen molar-refractivity contribution in [3.63, 3.8) is 0 Å². The smallest absolute Gasteiger partial charge is 0.257 e. The van der Waals surface area contributed by atoms with Crippen LogP contribution in [0.1, 0.15) is 15.4 Å². The lowest BCUT2D eigenvalue weighted by Crippen LogP contribution is -2.12. The highest BCUT2D eigenvalue weighted by Gasteiger charge is 2.17. The van der Waals surface area contributed by atoms with E-state index in [-0.39, 0.29) is 16.6 Å². The van der Waals surface area contributed by atoms with Crippen molar-refractivity contribution < 1.29 is 13.2 Å². The topological polar surface area (TPSA) is 76.1 Å². The normalized spacial score (nSPS) is 11.2. The van der Waals surface area contributed by atoms with E-state index in [9.17, 15) is 13.2 Å². The summed E-state index contributed by atoms with van der Waals surface area (Å²) in [4.78, 5) is 16.4. The lowest BCUT2D eigenvalue weighted by Gasteiger charge is -2.08. The molecule has 0 saturated heterocycles. The minimum absolute atomic E-state index is 0.143. The Labute approximate surface area is 154 Å². The minimum atomic E-state index is -3.47. The monoisotopic (exact) mass is 392 g/mol. The largest absolute Gasteiger partial charge is 0.322 e. The molecule has 0 aliphatic heterocycles. The van der Waals surface area contributed by atoms with Gasteiger partial charge in [-0.05, 0) is 36.4 Å². The van der Waals surface area contributed by atoms with Gasteiger partial charge in [-0.15, -0.1) is 11.3 Å². The highest BCUT2D eigenvalue weighted by Crippen LogP contribution is 2.21. The second kappa shape index (κ2) is 7.35. The highest BCUT2D eigenvalue weighted by molar-refractivity contribution is 7.90. The van der Waals surface area contributed by atoms with Gasteiger partial charge in [-0.3, -0.25) is 4.79 Å². The predicted octanol–water partition coefficient (Wildman–Crippen LogP) is 4.02. The molecule has 0 aliphatic carbocycles. The van der Waals surface area contributed by atoms with Crippen LogP contribution >= 0.6 is 22.9 Å². The molecule has 0 spiro atoms. The summed E-state index contributed by atoms with van der Waals surface area (Å²) in [5, 5.41) is 5.32. The number of halogens is 1. The Kier molecular flexibility index (Phi) is 5.17. The first-order chi connectivity index (χ1) is 12.0. The van der Waals surface area contributed by atoms with Gasteiger partial charge in [0.1, 0.15) is 10.8 Å². The van der Waals surface area contributed by atoms with Gasteiger partial charge in [0.25, 0.3) is 5.91 Å². The maximum atomic E-state index is 12.4. The van der Waals surface area contributed by atoms with Gasteiger partial charge in [0, 0.05) is 17.3 Å². The van der Waals surface area contributed by atoms with Crippen LogP contribution in [0.15, 0.2) is 65.0 Å². The molecule has 3 rings (SSSR count). The lowest BCUT2D eigenvalue weighted by molar-refractivity contribution is 0.102. The van der Waals surface area contributed by atoms with Crippen LogP contribution in [0.3, 0.4) is 0 Å². The number of nitrogens with one attached hydrogen (secondary N) is 1. The Morgan fingerprint density at radius 1 is 1.12 bits per heavy atom. The number of amides is 1. The van der Waals surface area contributed by atoms with E-state index in [2.05, 4.69) is 10.3 Å². The zero-order valence-corrected chi connectivity index (χ0v) is 15.2. The third-order valence-electron chi connectivity index (χ3n) is 3.39. The number of rotatable bonds is 5. The van der Waals surface area contributed by atoms with E-state index in [0.717, 1.165) is 0 Å². The van der Waals surface area contributed by atoms with Crippen molar-refractivity contribution in [1.29, 1.82) is 0 Å². The number of benzene rings is 2. The van der Waals surface area contributed by atoms with Crippen molar-refractivity contribution in [2.45, 2.75) is 10.6 Å². The van der Waals surface area contributed by atoms with E-state index in [0.29, 0.717) is 21.3 Å². The number of aromatic nitrogens is 1. The highest BCUT2D eigenvalue weighted by atomic mass is 35.5. The lowest BCUT2D eigenvalue weighted by atomic mass is 10.2. The summed E-state index contributed by atoms with van der Waals surface area (Å²) in [5.74, 6) is -0.500. The van der Waals surface area contributed by atoms with E-state index in [1.807, 2.05) is 0 Å². The third-order valence-corrected chi connectivity index (χ3v) is 6.32. The quantitative estimate of drug-likeness (QED) is 0.711. The Bertz CT molecular complexity index is 985. The Morgan fingerprint density at radius 3 is 2.48 bits per heavy atom. The zero-order valence-electron chi connectivity index (χ0n) is 12.8. The minimum Gasteiger partial charge on any atom is -0.322 e. The molecule has 25 heavy (non-hydrogen) atoms. The van der Waals surface area contributed by atoms with Crippen LogP contribution in [0.4, 0.5) is 5.69 Å². The second-order valence-electron chi connectivity index (χ2n) is 5.14. The van der Waals surface area contributed by atoms with Crippen LogP contribution < -0.4 is 5.32 Å². The van der Waals surface area contributed by atoms with Crippen LogP contribution in [0.25, 0.3) is 0 Å². The molecule has 0 saturated carbocycles. The Morgan fingerprint density at radius 2 is 1.84 bits per heavy atom. The molecule has 1 N–H and O–H groups in total. The molecule has 1 amide bonds. The molecule has 1 heterocycles. The molecule has 0 aliphatic rings. The molecule has 1 aromatic heterocycles. The number of carbonyl (C=O) groups excluding carboxylic acids is 1. The molecular weight excluding hydrogens is 380 g/mol. The number of thiazole rings is 1. The summed E-state index contributed by atoms with van der Waals surface area (Å²) < 4.78 is 24.7. The van der Waals surface area contributed by atoms with E-state index in [4.69, 9.17) is 11.6 Å². The summed E-state index contributed by atoms with van der Waals surface area (Å²) >= 11 is 7.29. The molecule has 0 fully saturated rings. The van der Waals surface area contributed by atoms with Gasteiger partial charge in [-0.25, -0.2) is 13.4 Å². The molecule has 0 atom stereocenters. The Hall–Kier alpha value is -2.22. The number of hydrogen-bond acceptors (Lipinski definition) is 5. The van der Waals surface area contributed by atoms with Crippen molar-refractivity contribution in [3.8, 4) is 0 Å². The molecule has 2 aromatic carbocycles. The predicted molar refractivity (Wildman–Crippen MR) is 98.9 cm³/mol. The number of sulfone groups is 1. The average molecular weight is 393 g/mol. The first-order valence-corrected chi connectivity index (χ1v) is 10.1. The van der Waals surface area contributed by atoms with Crippen molar-refractivity contribution in [1.82, 2.24) is 4.98 Å². The van der Waals surface area contributed by atoms with Crippen LogP contribution in [-0.2, 0) is 15.6 Å².